The molecule has 0 saturated carbocycles. The van der Waals surface area contributed by atoms with E-state index in [2.05, 4.69) is 6.58 Å². The van der Waals surface area contributed by atoms with Gasteiger partial charge in [-0.15, -0.1) is 6.58 Å². The lowest BCUT2D eigenvalue weighted by Gasteiger charge is -2.23. The van der Waals surface area contributed by atoms with Crippen molar-refractivity contribution in [2.75, 3.05) is 6.61 Å². The predicted molar refractivity (Wildman–Crippen MR) is 71.2 cm³/mol. The molecule has 0 spiro atoms. The van der Waals surface area contributed by atoms with Crippen LogP contribution >= 0.6 is 0 Å². The lowest BCUT2D eigenvalue weighted by atomic mass is 9.99. The molecule has 1 saturated heterocycles. The third kappa shape index (κ3) is 3.58. The van der Waals surface area contributed by atoms with Gasteiger partial charge in [-0.2, -0.15) is 0 Å². The Hall–Kier alpha value is -1.81. The number of carbonyl (C=O) groups is 1. The Kier molecular flexibility index (Phi) is 4.58. The second-order valence-corrected chi connectivity index (χ2v) is 4.54. The molecule has 19 heavy (non-hydrogen) atoms. The maximum Gasteiger partial charge on any atom is 0.314 e. The van der Waals surface area contributed by atoms with E-state index in [0.717, 1.165) is 25.9 Å². The lowest BCUT2D eigenvalue weighted by Crippen LogP contribution is -2.25. The minimum Gasteiger partial charge on any atom is -0.481 e. The molecule has 2 rings (SSSR count). The first-order chi connectivity index (χ1) is 9.20. The molecule has 1 N–H and O–H groups in total. The van der Waals surface area contributed by atoms with Gasteiger partial charge in [0.05, 0.1) is 12.5 Å². The minimum atomic E-state index is -0.916. The molecule has 0 bridgehead atoms. The number of aliphatic carboxylic acids is 1. The van der Waals surface area contributed by atoms with Gasteiger partial charge >= 0.3 is 5.97 Å². The van der Waals surface area contributed by atoms with Crippen LogP contribution in [0.25, 0.3) is 0 Å². The average molecular weight is 262 g/mol. The second-order valence-electron chi connectivity index (χ2n) is 4.54. The van der Waals surface area contributed by atoms with Crippen molar-refractivity contribution in [1.29, 1.82) is 0 Å². The smallest absolute Gasteiger partial charge is 0.314 e. The topological polar surface area (TPSA) is 55.8 Å². The normalized spacial score (nSPS) is 20.5. The van der Waals surface area contributed by atoms with Crippen molar-refractivity contribution in [2.24, 2.45) is 0 Å². The predicted octanol–water partition coefficient (Wildman–Crippen LogP) is 2.95. The first-order valence-electron chi connectivity index (χ1n) is 6.44. The molecule has 2 atom stereocenters. The van der Waals surface area contributed by atoms with E-state index in [1.165, 1.54) is 6.08 Å². The Morgan fingerprint density at radius 3 is 3.00 bits per heavy atom. The molecule has 1 aliphatic heterocycles. The fraction of sp³-hybridized carbons (Fsp3) is 0.400. The highest BCUT2D eigenvalue weighted by molar-refractivity contribution is 5.78. The molecule has 1 aromatic carbocycles. The van der Waals surface area contributed by atoms with Crippen LogP contribution in [0.15, 0.2) is 36.9 Å². The molecule has 102 valence electrons. The van der Waals surface area contributed by atoms with E-state index in [9.17, 15) is 4.79 Å². The first-order valence-corrected chi connectivity index (χ1v) is 6.44. The molecule has 4 heteroatoms. The van der Waals surface area contributed by atoms with Crippen LogP contribution in [0, 0.1) is 0 Å². The van der Waals surface area contributed by atoms with Gasteiger partial charge in [0.25, 0.3) is 0 Å². The third-order valence-electron chi connectivity index (χ3n) is 3.12. The van der Waals surface area contributed by atoms with Gasteiger partial charge < -0.3 is 14.6 Å². The van der Waals surface area contributed by atoms with E-state index < -0.39 is 11.9 Å². The molecule has 0 amide bonds. The van der Waals surface area contributed by atoms with E-state index in [-0.39, 0.29) is 6.29 Å². The molecule has 1 heterocycles. The van der Waals surface area contributed by atoms with E-state index in [4.69, 9.17) is 14.6 Å². The molecule has 0 aliphatic carbocycles. The van der Waals surface area contributed by atoms with Gasteiger partial charge in [-0.05, 0) is 30.5 Å². The number of rotatable bonds is 5. The second kappa shape index (κ2) is 6.38. The van der Waals surface area contributed by atoms with Crippen molar-refractivity contribution < 1.29 is 19.4 Å². The Labute approximate surface area is 112 Å². The minimum absolute atomic E-state index is 0.226. The summed E-state index contributed by atoms with van der Waals surface area (Å²) in [4.78, 5) is 11.1. The van der Waals surface area contributed by atoms with Gasteiger partial charge in [0, 0.05) is 6.42 Å². The molecule has 1 aromatic rings. The summed E-state index contributed by atoms with van der Waals surface area (Å²) in [5.41, 5.74) is 0.663. The maximum absolute atomic E-state index is 11.1. The largest absolute Gasteiger partial charge is 0.481 e. The van der Waals surface area contributed by atoms with Crippen molar-refractivity contribution in [3.05, 3.63) is 42.5 Å². The summed E-state index contributed by atoms with van der Waals surface area (Å²) in [5.74, 6) is -0.991. The highest BCUT2D eigenvalue weighted by Gasteiger charge is 2.18. The van der Waals surface area contributed by atoms with Crippen molar-refractivity contribution >= 4 is 5.97 Å². The van der Waals surface area contributed by atoms with E-state index in [1.807, 2.05) is 6.07 Å². The van der Waals surface area contributed by atoms with Gasteiger partial charge in [0.2, 0.25) is 0 Å². The number of ether oxygens (including phenoxy) is 2. The summed E-state index contributed by atoms with van der Waals surface area (Å²) < 4.78 is 11.2. The fourth-order valence-corrected chi connectivity index (χ4v) is 2.12. The van der Waals surface area contributed by atoms with Crippen molar-refractivity contribution in [2.45, 2.75) is 31.5 Å². The molecule has 0 aromatic heterocycles. The van der Waals surface area contributed by atoms with E-state index >= 15 is 0 Å². The van der Waals surface area contributed by atoms with Crippen LogP contribution in [0.5, 0.6) is 5.75 Å². The number of carboxylic acid groups (broad SMARTS) is 1. The Morgan fingerprint density at radius 1 is 1.53 bits per heavy atom. The average Bonchev–Trinajstić information content (AvgIpc) is 2.41. The molecular formula is C15H18O4. The van der Waals surface area contributed by atoms with Gasteiger partial charge in [0.15, 0.2) is 6.29 Å². The molecule has 1 fully saturated rings. The van der Waals surface area contributed by atoms with Crippen LogP contribution in [0.1, 0.15) is 30.7 Å². The monoisotopic (exact) mass is 262 g/mol. The first kappa shape index (κ1) is 13.6. The van der Waals surface area contributed by atoms with E-state index in [0.29, 0.717) is 11.3 Å². The van der Waals surface area contributed by atoms with Crippen LogP contribution in [0.4, 0.5) is 0 Å². The zero-order chi connectivity index (χ0) is 13.7. The molecule has 1 aliphatic rings. The van der Waals surface area contributed by atoms with Crippen molar-refractivity contribution in [3.63, 3.8) is 0 Å². The van der Waals surface area contributed by atoms with Crippen LogP contribution in [0.3, 0.4) is 0 Å². The summed E-state index contributed by atoms with van der Waals surface area (Å²) in [6, 6.07) is 7.09. The van der Waals surface area contributed by atoms with Crippen LogP contribution < -0.4 is 4.74 Å². The summed E-state index contributed by atoms with van der Waals surface area (Å²) in [6.07, 6.45) is 4.22. The number of hydrogen-bond acceptors (Lipinski definition) is 3. The molecule has 4 nitrogen and oxygen atoms in total. The molecular weight excluding hydrogens is 244 g/mol. The SMILES string of the molecule is C=CC(C(=O)O)c1cccc(OC2CCCCO2)c1. The Morgan fingerprint density at radius 2 is 2.37 bits per heavy atom. The standard InChI is InChI=1S/C15H18O4/c1-2-13(15(16)17)11-6-5-7-12(10-11)19-14-8-3-4-9-18-14/h2,5-7,10,13-14H,1,3-4,8-9H2,(H,16,17). The lowest BCUT2D eigenvalue weighted by molar-refractivity contribution is -0.137. The molecule has 2 unspecified atom stereocenters. The Bertz CT molecular complexity index is 449. The van der Waals surface area contributed by atoms with Gasteiger partial charge in [-0.1, -0.05) is 18.2 Å². The molecule has 0 radical (unpaired) electrons. The van der Waals surface area contributed by atoms with Crippen molar-refractivity contribution in [3.8, 4) is 5.75 Å². The zero-order valence-electron chi connectivity index (χ0n) is 10.7. The summed E-state index contributed by atoms with van der Waals surface area (Å²) in [6.45, 7) is 4.27. The summed E-state index contributed by atoms with van der Waals surface area (Å²) in [7, 11) is 0. The Balaban J connectivity index is 2.09. The van der Waals surface area contributed by atoms with Crippen LogP contribution in [-0.4, -0.2) is 24.0 Å². The van der Waals surface area contributed by atoms with Crippen LogP contribution in [0.2, 0.25) is 0 Å². The van der Waals surface area contributed by atoms with Crippen molar-refractivity contribution in [1.82, 2.24) is 0 Å². The summed E-state index contributed by atoms with van der Waals surface area (Å²) in [5, 5.41) is 9.10. The zero-order valence-corrected chi connectivity index (χ0v) is 10.7. The van der Waals surface area contributed by atoms with Gasteiger partial charge in [-0.25, -0.2) is 0 Å². The van der Waals surface area contributed by atoms with E-state index in [1.54, 1.807) is 18.2 Å². The maximum atomic E-state index is 11.1. The third-order valence-corrected chi connectivity index (χ3v) is 3.12. The van der Waals surface area contributed by atoms with Gasteiger partial charge in [0.1, 0.15) is 5.75 Å². The number of benzene rings is 1. The van der Waals surface area contributed by atoms with Gasteiger partial charge in [-0.3, -0.25) is 4.79 Å². The highest BCUT2D eigenvalue weighted by atomic mass is 16.7. The van der Waals surface area contributed by atoms with Crippen LogP contribution in [-0.2, 0) is 9.53 Å². The fourth-order valence-electron chi connectivity index (χ4n) is 2.12. The number of carboxylic acids is 1. The summed E-state index contributed by atoms with van der Waals surface area (Å²) >= 11 is 0. The quantitative estimate of drug-likeness (QED) is 0.829. The number of hydrogen-bond donors (Lipinski definition) is 1. The highest BCUT2D eigenvalue weighted by Crippen LogP contribution is 2.24.